The van der Waals surface area contributed by atoms with Gasteiger partial charge in [-0.05, 0) is 68.1 Å². The molecule has 0 saturated heterocycles. The van der Waals surface area contributed by atoms with E-state index in [0.29, 0.717) is 17.7 Å². The molecule has 0 spiro atoms. The molecule has 0 saturated carbocycles. The van der Waals surface area contributed by atoms with Gasteiger partial charge in [-0.15, -0.1) is 0 Å². The van der Waals surface area contributed by atoms with Crippen molar-refractivity contribution < 1.29 is 9.90 Å². The van der Waals surface area contributed by atoms with Gasteiger partial charge in [0.05, 0.1) is 6.04 Å². The normalized spacial score (nSPS) is 15.5. The van der Waals surface area contributed by atoms with E-state index in [-0.39, 0.29) is 11.9 Å². The Balaban J connectivity index is 1.60. The molecule has 170 valence electrons. The zero-order valence-corrected chi connectivity index (χ0v) is 19.7. The number of nitrogens with one attached hydrogen (secondary N) is 1. The Kier molecular flexibility index (Phi) is 5.51. The maximum absolute atomic E-state index is 13.9. The summed E-state index contributed by atoms with van der Waals surface area (Å²) in [6, 6.07) is 23.8. The number of benzene rings is 3. The number of fused-ring (bicyclic) bond motifs is 3. The number of amides is 1. The lowest BCUT2D eigenvalue weighted by molar-refractivity contribution is 0.0691. The Hall–Kier alpha value is -3.81. The van der Waals surface area contributed by atoms with Gasteiger partial charge in [0.2, 0.25) is 0 Å². The van der Waals surface area contributed by atoms with E-state index in [1.165, 1.54) is 10.9 Å². The zero-order valence-electron chi connectivity index (χ0n) is 19.7. The quantitative estimate of drug-likeness (QED) is 0.404. The van der Waals surface area contributed by atoms with Crippen LogP contribution in [0.1, 0.15) is 58.2 Å². The topological polar surface area (TPSA) is 56.3 Å². The lowest BCUT2D eigenvalue weighted by atomic mass is 9.89. The van der Waals surface area contributed by atoms with E-state index in [4.69, 9.17) is 0 Å². The Bertz CT molecular complexity index is 1450. The van der Waals surface area contributed by atoms with E-state index in [9.17, 15) is 9.90 Å². The van der Waals surface area contributed by atoms with E-state index in [0.717, 1.165) is 28.8 Å². The molecule has 4 heteroatoms. The van der Waals surface area contributed by atoms with Crippen LogP contribution in [0, 0.1) is 18.8 Å². The zero-order chi connectivity index (χ0) is 23.9. The van der Waals surface area contributed by atoms with Crippen LogP contribution in [-0.2, 0) is 6.42 Å². The van der Waals surface area contributed by atoms with E-state index in [1.807, 2.05) is 47.4 Å². The fourth-order valence-corrected chi connectivity index (χ4v) is 4.80. The third-order valence-electron chi connectivity index (χ3n) is 6.40. The number of carbonyl (C=O) groups is 1. The molecule has 0 radical (unpaired) electrons. The number of rotatable bonds is 2. The van der Waals surface area contributed by atoms with Gasteiger partial charge in [0.15, 0.2) is 0 Å². The van der Waals surface area contributed by atoms with Crippen molar-refractivity contribution in [2.75, 3.05) is 6.54 Å². The van der Waals surface area contributed by atoms with Crippen molar-refractivity contribution in [3.8, 4) is 11.8 Å². The maximum atomic E-state index is 13.9. The number of aryl methyl sites for hydroxylation is 1. The fourth-order valence-electron chi connectivity index (χ4n) is 4.80. The fraction of sp³-hybridized carbons (Fsp3) is 0.233. The highest BCUT2D eigenvalue weighted by atomic mass is 16.3. The van der Waals surface area contributed by atoms with Crippen molar-refractivity contribution in [2.24, 2.45) is 0 Å². The molecule has 2 N–H and O–H groups in total. The molecule has 3 aromatic carbocycles. The molecule has 4 aromatic rings. The summed E-state index contributed by atoms with van der Waals surface area (Å²) in [5, 5.41) is 11.2. The number of para-hydroxylation sites is 1. The maximum Gasteiger partial charge on any atom is 0.254 e. The first-order valence-electron chi connectivity index (χ1n) is 11.6. The number of aliphatic hydroxyl groups is 1. The van der Waals surface area contributed by atoms with Crippen LogP contribution in [0.2, 0.25) is 0 Å². The predicted molar refractivity (Wildman–Crippen MR) is 136 cm³/mol. The highest BCUT2D eigenvalue weighted by Crippen LogP contribution is 2.40. The van der Waals surface area contributed by atoms with Crippen molar-refractivity contribution in [3.63, 3.8) is 0 Å². The van der Waals surface area contributed by atoms with Crippen LogP contribution in [0.4, 0.5) is 0 Å². The van der Waals surface area contributed by atoms with E-state index in [2.05, 4.69) is 54.1 Å². The van der Waals surface area contributed by atoms with Gasteiger partial charge in [-0.25, -0.2) is 0 Å². The first-order chi connectivity index (χ1) is 16.3. The number of aromatic amines is 1. The second-order valence-electron chi connectivity index (χ2n) is 9.46. The minimum absolute atomic E-state index is 0.0236. The predicted octanol–water partition coefficient (Wildman–Crippen LogP) is 5.39. The summed E-state index contributed by atoms with van der Waals surface area (Å²) in [5.41, 5.74) is 5.98. The highest BCUT2D eigenvalue weighted by molar-refractivity contribution is 5.96. The third-order valence-corrected chi connectivity index (χ3v) is 6.40. The molecule has 0 aliphatic carbocycles. The molecule has 0 bridgehead atoms. The largest absolute Gasteiger partial charge is 0.378 e. The average molecular weight is 449 g/mol. The summed E-state index contributed by atoms with van der Waals surface area (Å²) in [4.78, 5) is 19.5. The minimum Gasteiger partial charge on any atom is -0.378 e. The minimum atomic E-state index is -1.09. The first-order valence-corrected chi connectivity index (χ1v) is 11.6. The van der Waals surface area contributed by atoms with Gasteiger partial charge in [-0.1, -0.05) is 60.4 Å². The summed E-state index contributed by atoms with van der Waals surface area (Å²) in [6.45, 7) is 6.02. The number of hydrogen-bond donors (Lipinski definition) is 2. The molecule has 2 heterocycles. The molecule has 1 unspecified atom stereocenters. The van der Waals surface area contributed by atoms with Gasteiger partial charge in [-0.2, -0.15) is 0 Å². The van der Waals surface area contributed by atoms with Crippen LogP contribution < -0.4 is 0 Å². The van der Waals surface area contributed by atoms with Gasteiger partial charge in [0.25, 0.3) is 5.91 Å². The third kappa shape index (κ3) is 4.11. The molecule has 1 amide bonds. The summed E-state index contributed by atoms with van der Waals surface area (Å²) >= 11 is 0. The first kappa shape index (κ1) is 22.0. The summed E-state index contributed by atoms with van der Waals surface area (Å²) in [5.74, 6) is 5.80. The molecule has 1 aromatic heterocycles. The molecular formula is C30H28N2O2. The van der Waals surface area contributed by atoms with Crippen molar-refractivity contribution >= 4 is 16.8 Å². The standard InChI is InChI=1S/C30H28N2O2/c1-20-9-4-5-12-23(20)28-27-25(24-13-6-7-14-26(24)31-27)16-18-32(28)29(33)22-11-8-10-21(19-22)15-17-30(2,3)34/h4-14,19,28,31,34H,16,18H2,1-3H3. The monoisotopic (exact) mass is 448 g/mol. The van der Waals surface area contributed by atoms with Gasteiger partial charge in [0, 0.05) is 34.3 Å². The lowest BCUT2D eigenvalue weighted by Gasteiger charge is -2.37. The van der Waals surface area contributed by atoms with Crippen molar-refractivity contribution in [1.82, 2.24) is 9.88 Å². The number of nitrogens with zero attached hydrogens (tertiary/aromatic N) is 1. The van der Waals surface area contributed by atoms with Crippen LogP contribution in [-0.4, -0.2) is 33.0 Å². The van der Waals surface area contributed by atoms with E-state index < -0.39 is 5.60 Å². The lowest BCUT2D eigenvalue weighted by Crippen LogP contribution is -2.41. The summed E-state index contributed by atoms with van der Waals surface area (Å²) in [7, 11) is 0. The molecule has 1 aliphatic rings. The molecule has 0 fully saturated rings. The Morgan fingerprint density at radius 1 is 1.06 bits per heavy atom. The number of carbonyl (C=O) groups excluding carboxylic acids is 1. The molecule has 1 atom stereocenters. The van der Waals surface area contributed by atoms with Crippen LogP contribution in [0.3, 0.4) is 0 Å². The van der Waals surface area contributed by atoms with E-state index >= 15 is 0 Å². The van der Waals surface area contributed by atoms with Crippen LogP contribution in [0.15, 0.2) is 72.8 Å². The SMILES string of the molecule is Cc1ccccc1C1c2[nH]c3ccccc3c2CCN1C(=O)c1cccc(C#CC(C)(C)O)c1. The van der Waals surface area contributed by atoms with Gasteiger partial charge < -0.3 is 15.0 Å². The van der Waals surface area contributed by atoms with Crippen LogP contribution in [0.5, 0.6) is 0 Å². The van der Waals surface area contributed by atoms with Crippen molar-refractivity contribution in [1.29, 1.82) is 0 Å². The van der Waals surface area contributed by atoms with Gasteiger partial charge >= 0.3 is 0 Å². The molecule has 34 heavy (non-hydrogen) atoms. The molecule has 1 aliphatic heterocycles. The number of aromatic nitrogens is 1. The van der Waals surface area contributed by atoms with Crippen LogP contribution in [0.25, 0.3) is 10.9 Å². The van der Waals surface area contributed by atoms with Crippen molar-refractivity contribution in [3.05, 3.63) is 106 Å². The van der Waals surface area contributed by atoms with Crippen molar-refractivity contribution in [2.45, 2.75) is 38.8 Å². The number of hydrogen-bond acceptors (Lipinski definition) is 2. The van der Waals surface area contributed by atoms with Gasteiger partial charge in [0.1, 0.15) is 5.60 Å². The Morgan fingerprint density at radius 2 is 1.82 bits per heavy atom. The smallest absolute Gasteiger partial charge is 0.254 e. The Labute approximate surface area is 200 Å². The average Bonchev–Trinajstić information content (AvgIpc) is 3.21. The molecular weight excluding hydrogens is 420 g/mol. The molecule has 5 rings (SSSR count). The Morgan fingerprint density at radius 3 is 2.62 bits per heavy atom. The second-order valence-corrected chi connectivity index (χ2v) is 9.46. The molecule has 4 nitrogen and oxygen atoms in total. The van der Waals surface area contributed by atoms with Crippen LogP contribution >= 0.6 is 0 Å². The number of H-pyrrole nitrogens is 1. The van der Waals surface area contributed by atoms with Gasteiger partial charge in [-0.3, -0.25) is 4.79 Å². The summed E-state index contributed by atoms with van der Waals surface area (Å²) in [6.07, 6.45) is 0.797. The highest BCUT2D eigenvalue weighted by Gasteiger charge is 2.35. The van der Waals surface area contributed by atoms with E-state index in [1.54, 1.807) is 13.8 Å². The summed E-state index contributed by atoms with van der Waals surface area (Å²) < 4.78 is 0. The second kappa shape index (κ2) is 8.52.